The highest BCUT2D eigenvalue weighted by Gasteiger charge is 2.12. The summed E-state index contributed by atoms with van der Waals surface area (Å²) in [5.74, 6) is 0.616. The first-order valence-electron chi connectivity index (χ1n) is 5.78. The molecule has 2 N–H and O–H groups in total. The Hall–Kier alpha value is -2.21. The van der Waals surface area contributed by atoms with E-state index in [2.05, 4.69) is 30.2 Å². The van der Waals surface area contributed by atoms with Crippen molar-refractivity contribution in [3.63, 3.8) is 0 Å². The number of anilines is 1. The van der Waals surface area contributed by atoms with Gasteiger partial charge in [0.05, 0.1) is 18.1 Å². The second-order valence-corrected chi connectivity index (χ2v) is 4.40. The van der Waals surface area contributed by atoms with Gasteiger partial charge in [0.1, 0.15) is 5.52 Å². The summed E-state index contributed by atoms with van der Waals surface area (Å²) in [6.07, 6.45) is 3.32. The molecule has 0 aliphatic carbocycles. The number of pyridine rings is 1. The van der Waals surface area contributed by atoms with E-state index in [1.54, 1.807) is 12.5 Å². The number of aromatic nitrogens is 5. The maximum Gasteiger partial charge on any atom is 0.226 e. The average molecular weight is 275 g/mol. The zero-order valence-corrected chi connectivity index (χ0v) is 10.9. The van der Waals surface area contributed by atoms with E-state index in [-0.39, 0.29) is 11.3 Å². The molecule has 0 aliphatic heterocycles. The fourth-order valence-electron chi connectivity index (χ4n) is 1.82. The predicted molar refractivity (Wildman–Crippen MR) is 73.0 cm³/mol. The maximum absolute atomic E-state index is 5.88. The van der Waals surface area contributed by atoms with E-state index >= 15 is 0 Å². The third-order valence-electron chi connectivity index (χ3n) is 2.74. The lowest BCUT2D eigenvalue weighted by Gasteiger charge is -2.14. The van der Waals surface area contributed by atoms with E-state index < -0.39 is 0 Å². The van der Waals surface area contributed by atoms with Crippen LogP contribution in [0, 0.1) is 0 Å². The molecule has 0 saturated heterocycles. The van der Waals surface area contributed by atoms with Gasteiger partial charge >= 0.3 is 0 Å². The SMILES string of the molecule is CC(Nc1nc(Cl)nc2nc[nH]c12)c1ccccn1. The summed E-state index contributed by atoms with van der Waals surface area (Å²) in [5, 5.41) is 3.42. The minimum Gasteiger partial charge on any atom is -0.360 e. The molecule has 3 aromatic heterocycles. The van der Waals surface area contributed by atoms with Crippen molar-refractivity contribution in [3.05, 3.63) is 41.7 Å². The topological polar surface area (TPSA) is 79.4 Å². The Kier molecular flexibility index (Phi) is 3.00. The number of H-pyrrole nitrogens is 1. The molecule has 3 heterocycles. The Balaban J connectivity index is 1.95. The van der Waals surface area contributed by atoms with Gasteiger partial charge in [0.2, 0.25) is 5.28 Å². The number of aromatic amines is 1. The van der Waals surface area contributed by atoms with Crippen LogP contribution in [0.25, 0.3) is 11.2 Å². The van der Waals surface area contributed by atoms with Crippen molar-refractivity contribution in [2.24, 2.45) is 0 Å². The number of imidazole rings is 1. The molecular formula is C12H11ClN6. The summed E-state index contributed by atoms with van der Waals surface area (Å²) in [6.45, 7) is 2.00. The van der Waals surface area contributed by atoms with Crippen molar-refractivity contribution in [1.82, 2.24) is 24.9 Å². The van der Waals surface area contributed by atoms with E-state index in [4.69, 9.17) is 11.6 Å². The predicted octanol–water partition coefficient (Wildman–Crippen LogP) is 2.57. The highest BCUT2D eigenvalue weighted by Crippen LogP contribution is 2.22. The van der Waals surface area contributed by atoms with Gasteiger partial charge in [-0.05, 0) is 30.7 Å². The molecule has 7 heteroatoms. The fraction of sp³-hybridized carbons (Fsp3) is 0.167. The first kappa shape index (κ1) is 11.9. The number of rotatable bonds is 3. The van der Waals surface area contributed by atoms with Crippen molar-refractivity contribution in [2.45, 2.75) is 13.0 Å². The van der Waals surface area contributed by atoms with Crippen molar-refractivity contribution in [3.8, 4) is 0 Å². The first-order valence-corrected chi connectivity index (χ1v) is 6.16. The van der Waals surface area contributed by atoms with Crippen LogP contribution in [0.5, 0.6) is 0 Å². The monoisotopic (exact) mass is 274 g/mol. The molecule has 6 nitrogen and oxygen atoms in total. The number of nitrogens with zero attached hydrogens (tertiary/aromatic N) is 4. The first-order chi connectivity index (χ1) is 9.24. The lowest BCUT2D eigenvalue weighted by molar-refractivity contribution is 0.832. The molecule has 1 unspecified atom stereocenters. The van der Waals surface area contributed by atoms with Crippen LogP contribution in [-0.4, -0.2) is 24.9 Å². The molecule has 0 fully saturated rings. The second kappa shape index (κ2) is 4.81. The Bertz CT molecular complexity index is 696. The van der Waals surface area contributed by atoms with Crippen LogP contribution in [0.2, 0.25) is 5.28 Å². The lowest BCUT2D eigenvalue weighted by Crippen LogP contribution is -2.10. The zero-order valence-electron chi connectivity index (χ0n) is 10.1. The van der Waals surface area contributed by atoms with E-state index in [1.165, 1.54) is 0 Å². The highest BCUT2D eigenvalue weighted by atomic mass is 35.5. The van der Waals surface area contributed by atoms with Crippen molar-refractivity contribution in [1.29, 1.82) is 0 Å². The molecule has 0 aliphatic rings. The molecule has 96 valence electrons. The lowest BCUT2D eigenvalue weighted by atomic mass is 10.2. The Morgan fingerprint density at radius 2 is 2.16 bits per heavy atom. The van der Waals surface area contributed by atoms with E-state index in [0.29, 0.717) is 11.5 Å². The van der Waals surface area contributed by atoms with Crippen LogP contribution in [-0.2, 0) is 0 Å². The average Bonchev–Trinajstić information content (AvgIpc) is 2.88. The molecule has 1 atom stereocenters. The number of fused-ring (bicyclic) bond motifs is 1. The molecule has 0 amide bonds. The summed E-state index contributed by atoms with van der Waals surface area (Å²) >= 11 is 5.88. The molecule has 0 aromatic carbocycles. The van der Waals surface area contributed by atoms with Gasteiger partial charge in [0.25, 0.3) is 0 Å². The molecule has 0 bridgehead atoms. The maximum atomic E-state index is 5.88. The van der Waals surface area contributed by atoms with Crippen LogP contribution in [0.4, 0.5) is 5.82 Å². The van der Waals surface area contributed by atoms with E-state index in [0.717, 1.165) is 11.2 Å². The summed E-state index contributed by atoms with van der Waals surface area (Å²) < 4.78 is 0. The Labute approximate surface area is 114 Å². The number of halogens is 1. The molecule has 0 spiro atoms. The summed E-state index contributed by atoms with van der Waals surface area (Å²) in [5.41, 5.74) is 2.19. The summed E-state index contributed by atoms with van der Waals surface area (Å²) in [6, 6.07) is 5.77. The molecule has 19 heavy (non-hydrogen) atoms. The smallest absolute Gasteiger partial charge is 0.226 e. The number of nitrogens with one attached hydrogen (secondary N) is 2. The summed E-state index contributed by atoms with van der Waals surface area (Å²) in [7, 11) is 0. The number of hydrogen-bond acceptors (Lipinski definition) is 5. The van der Waals surface area contributed by atoms with Gasteiger partial charge in [-0.2, -0.15) is 9.97 Å². The highest BCUT2D eigenvalue weighted by molar-refractivity contribution is 6.28. The summed E-state index contributed by atoms with van der Waals surface area (Å²) in [4.78, 5) is 19.6. The van der Waals surface area contributed by atoms with Gasteiger partial charge in [-0.15, -0.1) is 0 Å². The third-order valence-corrected chi connectivity index (χ3v) is 2.91. The minimum absolute atomic E-state index is 0.00123. The van der Waals surface area contributed by atoms with Gasteiger partial charge in [0.15, 0.2) is 11.5 Å². The molecular weight excluding hydrogens is 264 g/mol. The third kappa shape index (κ3) is 2.34. The van der Waals surface area contributed by atoms with Crippen molar-refractivity contribution >= 4 is 28.6 Å². The van der Waals surface area contributed by atoms with Crippen LogP contribution >= 0.6 is 11.6 Å². The largest absolute Gasteiger partial charge is 0.360 e. The molecule has 3 rings (SSSR count). The van der Waals surface area contributed by atoms with E-state index in [9.17, 15) is 0 Å². The Morgan fingerprint density at radius 3 is 2.95 bits per heavy atom. The normalized spacial score (nSPS) is 12.5. The molecule has 0 saturated carbocycles. The van der Waals surface area contributed by atoms with E-state index in [1.807, 2.05) is 25.1 Å². The van der Waals surface area contributed by atoms with Gasteiger partial charge in [-0.3, -0.25) is 4.98 Å². The second-order valence-electron chi connectivity index (χ2n) is 4.06. The van der Waals surface area contributed by atoms with Crippen LogP contribution in [0.3, 0.4) is 0 Å². The van der Waals surface area contributed by atoms with Crippen molar-refractivity contribution in [2.75, 3.05) is 5.32 Å². The number of hydrogen-bond donors (Lipinski definition) is 2. The van der Waals surface area contributed by atoms with Gasteiger partial charge in [-0.1, -0.05) is 6.07 Å². The van der Waals surface area contributed by atoms with Crippen LogP contribution in [0.15, 0.2) is 30.7 Å². The van der Waals surface area contributed by atoms with Crippen LogP contribution < -0.4 is 5.32 Å². The van der Waals surface area contributed by atoms with Crippen LogP contribution in [0.1, 0.15) is 18.7 Å². The minimum atomic E-state index is -0.00123. The van der Waals surface area contributed by atoms with Gasteiger partial charge in [0, 0.05) is 6.20 Å². The Morgan fingerprint density at radius 1 is 1.26 bits per heavy atom. The molecule has 3 aromatic rings. The zero-order chi connectivity index (χ0) is 13.2. The van der Waals surface area contributed by atoms with Gasteiger partial charge < -0.3 is 10.3 Å². The van der Waals surface area contributed by atoms with Gasteiger partial charge in [-0.25, -0.2) is 4.98 Å². The fourth-order valence-corrected chi connectivity index (χ4v) is 1.99. The molecule has 0 radical (unpaired) electrons. The quantitative estimate of drug-likeness (QED) is 0.718. The standard InChI is InChI=1S/C12H11ClN6/c1-7(8-4-2-3-5-14-8)17-11-9-10(16-6-15-9)18-12(13)19-11/h2-7H,1H3,(H2,15,16,17,18,19). The van der Waals surface area contributed by atoms with Crippen molar-refractivity contribution < 1.29 is 0 Å².